The molecule has 0 aliphatic carbocycles. The van der Waals surface area contributed by atoms with Crippen molar-refractivity contribution in [1.82, 2.24) is 4.98 Å². The molecule has 0 bridgehead atoms. The minimum Gasteiger partial charge on any atom is -0.491 e. The highest BCUT2D eigenvalue weighted by Crippen LogP contribution is 2.26. The van der Waals surface area contributed by atoms with E-state index in [9.17, 15) is 4.79 Å². The second kappa shape index (κ2) is 5.26. The molecule has 0 atom stereocenters. The van der Waals surface area contributed by atoms with Crippen LogP contribution in [0.25, 0.3) is 10.8 Å². The van der Waals surface area contributed by atoms with Gasteiger partial charge in [-0.1, -0.05) is 0 Å². The van der Waals surface area contributed by atoms with Crippen LogP contribution in [0.1, 0.15) is 25.1 Å². The summed E-state index contributed by atoms with van der Waals surface area (Å²) in [6.45, 7) is 5.83. The molecule has 19 heavy (non-hydrogen) atoms. The standard InChI is InChI=1S/C15H17NO3/c1-9(2)19-12-4-5-13-10(3)16-8-11(6-15(17)18)14(13)7-12/h4-5,7-9H,6H2,1-3H3,(H,17,18). The van der Waals surface area contributed by atoms with Crippen molar-refractivity contribution in [2.75, 3.05) is 0 Å². The number of nitrogens with zero attached hydrogens (tertiary/aromatic N) is 1. The summed E-state index contributed by atoms with van der Waals surface area (Å²) in [5.74, 6) is -0.109. The molecule has 1 aromatic heterocycles. The summed E-state index contributed by atoms with van der Waals surface area (Å²) in [5, 5.41) is 10.8. The Balaban J connectivity index is 2.56. The van der Waals surface area contributed by atoms with Gasteiger partial charge >= 0.3 is 5.97 Å². The monoisotopic (exact) mass is 259 g/mol. The first kappa shape index (κ1) is 13.3. The first-order valence-electron chi connectivity index (χ1n) is 6.24. The maximum absolute atomic E-state index is 10.9. The lowest BCUT2D eigenvalue weighted by molar-refractivity contribution is -0.136. The molecule has 0 saturated heterocycles. The number of benzene rings is 1. The van der Waals surface area contributed by atoms with Gasteiger partial charge in [-0.25, -0.2) is 0 Å². The first-order chi connectivity index (χ1) is 8.97. The van der Waals surface area contributed by atoms with Crippen LogP contribution in [-0.2, 0) is 11.2 Å². The molecule has 2 rings (SSSR count). The van der Waals surface area contributed by atoms with Crippen LogP contribution >= 0.6 is 0 Å². The molecule has 0 aliphatic heterocycles. The van der Waals surface area contributed by atoms with Gasteiger partial charge in [-0.15, -0.1) is 0 Å². The van der Waals surface area contributed by atoms with Gasteiger partial charge in [-0.2, -0.15) is 0 Å². The molecule has 1 heterocycles. The van der Waals surface area contributed by atoms with E-state index < -0.39 is 5.97 Å². The number of carboxylic acids is 1. The zero-order chi connectivity index (χ0) is 14.0. The van der Waals surface area contributed by atoms with Crippen molar-refractivity contribution in [2.24, 2.45) is 0 Å². The molecule has 0 aliphatic rings. The third-order valence-electron chi connectivity index (χ3n) is 2.85. The van der Waals surface area contributed by atoms with E-state index in [0.717, 1.165) is 22.2 Å². The zero-order valence-corrected chi connectivity index (χ0v) is 11.3. The number of aromatic nitrogens is 1. The summed E-state index contributed by atoms with van der Waals surface area (Å²) in [6, 6.07) is 5.71. The van der Waals surface area contributed by atoms with Gasteiger partial charge in [-0.05, 0) is 49.9 Å². The fourth-order valence-electron chi connectivity index (χ4n) is 2.07. The van der Waals surface area contributed by atoms with Crippen molar-refractivity contribution in [2.45, 2.75) is 33.3 Å². The number of aliphatic carboxylic acids is 1. The van der Waals surface area contributed by atoms with E-state index in [4.69, 9.17) is 9.84 Å². The van der Waals surface area contributed by atoms with Crippen molar-refractivity contribution in [3.63, 3.8) is 0 Å². The lowest BCUT2D eigenvalue weighted by Crippen LogP contribution is -2.06. The highest BCUT2D eigenvalue weighted by atomic mass is 16.5. The Bertz CT molecular complexity index is 620. The van der Waals surface area contributed by atoms with E-state index in [-0.39, 0.29) is 12.5 Å². The molecular weight excluding hydrogens is 242 g/mol. The Morgan fingerprint density at radius 2 is 2.11 bits per heavy atom. The second-order valence-corrected chi connectivity index (χ2v) is 4.81. The average molecular weight is 259 g/mol. The highest BCUT2D eigenvalue weighted by Gasteiger charge is 2.10. The first-order valence-corrected chi connectivity index (χ1v) is 6.24. The minimum atomic E-state index is -0.859. The normalized spacial score (nSPS) is 10.9. The summed E-state index contributed by atoms with van der Waals surface area (Å²) < 4.78 is 5.65. The number of rotatable bonds is 4. The highest BCUT2D eigenvalue weighted by molar-refractivity contribution is 5.90. The van der Waals surface area contributed by atoms with E-state index in [1.807, 2.05) is 39.0 Å². The number of aryl methyl sites for hydroxylation is 1. The number of hydrogen-bond donors (Lipinski definition) is 1. The van der Waals surface area contributed by atoms with Crippen LogP contribution in [0, 0.1) is 6.92 Å². The summed E-state index contributed by atoms with van der Waals surface area (Å²) in [6.07, 6.45) is 1.68. The quantitative estimate of drug-likeness (QED) is 0.917. The number of fused-ring (bicyclic) bond motifs is 1. The van der Waals surface area contributed by atoms with E-state index >= 15 is 0 Å². The Morgan fingerprint density at radius 3 is 2.74 bits per heavy atom. The van der Waals surface area contributed by atoms with Crippen molar-refractivity contribution < 1.29 is 14.6 Å². The molecule has 0 amide bonds. The fourth-order valence-corrected chi connectivity index (χ4v) is 2.07. The predicted molar refractivity (Wildman–Crippen MR) is 73.6 cm³/mol. The summed E-state index contributed by atoms with van der Waals surface area (Å²) in [5.41, 5.74) is 1.60. The molecule has 0 saturated carbocycles. The van der Waals surface area contributed by atoms with Gasteiger partial charge in [0.1, 0.15) is 5.75 Å². The van der Waals surface area contributed by atoms with Gasteiger partial charge in [-0.3, -0.25) is 9.78 Å². The second-order valence-electron chi connectivity index (χ2n) is 4.81. The van der Waals surface area contributed by atoms with Gasteiger partial charge in [0.15, 0.2) is 0 Å². The van der Waals surface area contributed by atoms with Crippen molar-refractivity contribution in [3.05, 3.63) is 35.7 Å². The van der Waals surface area contributed by atoms with Gasteiger partial charge in [0.05, 0.1) is 12.5 Å². The number of carbonyl (C=O) groups is 1. The molecule has 1 N–H and O–H groups in total. The number of ether oxygens (including phenoxy) is 1. The van der Waals surface area contributed by atoms with Crippen LogP contribution in [0.4, 0.5) is 0 Å². The molecule has 100 valence electrons. The molecule has 2 aromatic rings. The lowest BCUT2D eigenvalue weighted by Gasteiger charge is -2.12. The molecule has 0 spiro atoms. The average Bonchev–Trinajstić information content (AvgIpc) is 2.31. The smallest absolute Gasteiger partial charge is 0.307 e. The molecular formula is C15H17NO3. The van der Waals surface area contributed by atoms with Crippen molar-refractivity contribution in [1.29, 1.82) is 0 Å². The Morgan fingerprint density at radius 1 is 1.37 bits per heavy atom. The van der Waals surface area contributed by atoms with E-state index in [1.54, 1.807) is 6.20 Å². The third-order valence-corrected chi connectivity index (χ3v) is 2.85. The van der Waals surface area contributed by atoms with Crippen LogP contribution in [0.5, 0.6) is 5.75 Å². The van der Waals surface area contributed by atoms with Crippen LogP contribution in [0.15, 0.2) is 24.4 Å². The molecule has 4 nitrogen and oxygen atoms in total. The van der Waals surface area contributed by atoms with E-state index in [2.05, 4.69) is 4.98 Å². The molecule has 1 aromatic carbocycles. The molecule has 4 heteroatoms. The minimum absolute atomic E-state index is 0.0328. The van der Waals surface area contributed by atoms with Gasteiger partial charge in [0.2, 0.25) is 0 Å². The van der Waals surface area contributed by atoms with Crippen LogP contribution < -0.4 is 4.74 Å². The molecule has 0 radical (unpaired) electrons. The Labute approximate surface area is 112 Å². The van der Waals surface area contributed by atoms with Crippen LogP contribution in [0.2, 0.25) is 0 Å². The van der Waals surface area contributed by atoms with Crippen molar-refractivity contribution >= 4 is 16.7 Å². The van der Waals surface area contributed by atoms with Gasteiger partial charge in [0.25, 0.3) is 0 Å². The van der Waals surface area contributed by atoms with Crippen molar-refractivity contribution in [3.8, 4) is 5.75 Å². The van der Waals surface area contributed by atoms with Gasteiger partial charge < -0.3 is 9.84 Å². The molecule has 0 unspecified atom stereocenters. The SMILES string of the molecule is Cc1ncc(CC(=O)O)c2cc(OC(C)C)ccc12. The predicted octanol–water partition coefficient (Wildman–Crippen LogP) is 2.96. The Hall–Kier alpha value is -2.10. The van der Waals surface area contributed by atoms with Crippen LogP contribution in [0.3, 0.4) is 0 Å². The number of pyridine rings is 1. The number of hydrogen-bond acceptors (Lipinski definition) is 3. The largest absolute Gasteiger partial charge is 0.491 e. The maximum Gasteiger partial charge on any atom is 0.307 e. The maximum atomic E-state index is 10.9. The fraction of sp³-hybridized carbons (Fsp3) is 0.333. The summed E-state index contributed by atoms with van der Waals surface area (Å²) >= 11 is 0. The number of carboxylic acid groups (broad SMARTS) is 1. The molecule has 0 fully saturated rings. The lowest BCUT2D eigenvalue weighted by atomic mass is 10.0. The van der Waals surface area contributed by atoms with Crippen LogP contribution in [-0.4, -0.2) is 22.2 Å². The van der Waals surface area contributed by atoms with E-state index in [0.29, 0.717) is 5.56 Å². The zero-order valence-electron chi connectivity index (χ0n) is 11.3. The summed E-state index contributed by atoms with van der Waals surface area (Å²) in [7, 11) is 0. The van der Waals surface area contributed by atoms with E-state index in [1.165, 1.54) is 0 Å². The third kappa shape index (κ3) is 3.02. The topological polar surface area (TPSA) is 59.4 Å². The summed E-state index contributed by atoms with van der Waals surface area (Å²) in [4.78, 5) is 15.1. The Kier molecular flexibility index (Phi) is 3.69. The van der Waals surface area contributed by atoms with Gasteiger partial charge in [0, 0.05) is 17.3 Å².